The van der Waals surface area contributed by atoms with Crippen LogP contribution in [0.4, 0.5) is 4.39 Å². The fourth-order valence-electron chi connectivity index (χ4n) is 7.42. The predicted molar refractivity (Wildman–Crippen MR) is 171 cm³/mol. The summed E-state index contributed by atoms with van der Waals surface area (Å²) in [7, 11) is -3.35. The van der Waals surface area contributed by atoms with Crippen molar-refractivity contribution in [3.8, 4) is 0 Å². The fraction of sp³-hybridized carbons (Fsp3) is 0.636. The molecule has 1 saturated carbocycles. The molecule has 11 heteroatoms. The standard InChI is InChI=1S/C33H46ClFN4O4S/c1-21(2)43-28-12-7-23(8-13-28)32(22-5-9-25(34)10-6-22)33(36)31(40)16-24-17-37-19-30(35)29(24)14-11-27-18-38-26-4-3-15-44(41,42)39(27)20-26/h5-6,9-10,17,19,21,23,26-28,32-33,38H,3-4,7-8,11-16,18,20,36H2,1-2H3/t23?,26-,27+,28?,32+,33-/m1/s1. The van der Waals surface area contributed by atoms with Gasteiger partial charge in [0.1, 0.15) is 5.82 Å². The lowest BCUT2D eigenvalue weighted by atomic mass is 9.71. The van der Waals surface area contributed by atoms with Gasteiger partial charge in [-0.25, -0.2) is 12.8 Å². The normalized spacial score (nSPS) is 28.3. The number of pyridine rings is 1. The minimum atomic E-state index is -3.35. The van der Waals surface area contributed by atoms with E-state index in [4.69, 9.17) is 22.1 Å². The van der Waals surface area contributed by atoms with Crippen molar-refractivity contribution in [2.75, 3.05) is 18.8 Å². The number of halogens is 2. The average molecular weight is 649 g/mol. The number of Topliss-reactive ketones (excluding diaryl/α,β-unsaturated/α-hetero) is 1. The van der Waals surface area contributed by atoms with Crippen LogP contribution in [0.2, 0.25) is 5.02 Å². The molecule has 2 saturated heterocycles. The first-order valence-corrected chi connectivity index (χ1v) is 18.0. The van der Waals surface area contributed by atoms with E-state index < -0.39 is 21.9 Å². The molecule has 0 radical (unpaired) electrons. The number of aromatic nitrogens is 1. The number of ketones is 1. The second-order valence-electron chi connectivity index (χ2n) is 13.1. The molecule has 1 aliphatic carbocycles. The van der Waals surface area contributed by atoms with Crippen molar-refractivity contribution in [2.45, 2.75) is 108 Å². The van der Waals surface area contributed by atoms with Crippen LogP contribution in [-0.2, 0) is 32.4 Å². The Labute approximate surface area is 266 Å². The summed E-state index contributed by atoms with van der Waals surface area (Å²) in [5.74, 6) is -0.521. The van der Waals surface area contributed by atoms with E-state index in [-0.39, 0.29) is 54.1 Å². The minimum Gasteiger partial charge on any atom is -0.376 e. The zero-order chi connectivity index (χ0) is 31.4. The van der Waals surface area contributed by atoms with Gasteiger partial charge in [-0.05, 0) is 100.0 Å². The predicted octanol–water partition coefficient (Wildman–Crippen LogP) is 4.78. The number of nitrogens with zero attached hydrogens (tertiary/aromatic N) is 2. The summed E-state index contributed by atoms with van der Waals surface area (Å²) in [6.07, 6.45) is 8.88. The molecule has 5 atom stereocenters. The van der Waals surface area contributed by atoms with Crippen molar-refractivity contribution in [2.24, 2.45) is 11.7 Å². The highest BCUT2D eigenvalue weighted by Gasteiger charge is 2.39. The summed E-state index contributed by atoms with van der Waals surface area (Å²) in [5, 5.41) is 4.09. The third-order valence-electron chi connectivity index (χ3n) is 9.65. The van der Waals surface area contributed by atoms with E-state index in [1.807, 2.05) is 38.1 Å². The number of hydrogen-bond donors (Lipinski definition) is 2. The first-order chi connectivity index (χ1) is 21.0. The fourth-order valence-corrected chi connectivity index (χ4v) is 9.36. The second kappa shape index (κ2) is 14.6. The molecule has 0 spiro atoms. The third-order valence-corrected chi connectivity index (χ3v) is 11.9. The van der Waals surface area contributed by atoms with Crippen LogP contribution in [0.3, 0.4) is 0 Å². The molecule has 8 nitrogen and oxygen atoms in total. The van der Waals surface area contributed by atoms with E-state index in [1.165, 1.54) is 0 Å². The van der Waals surface area contributed by atoms with Crippen molar-refractivity contribution in [3.05, 3.63) is 64.2 Å². The van der Waals surface area contributed by atoms with E-state index in [0.717, 1.165) is 43.9 Å². The lowest BCUT2D eigenvalue weighted by molar-refractivity contribution is -0.120. The number of carbonyl (C=O) groups is 1. The number of piperazine rings is 1. The van der Waals surface area contributed by atoms with Crippen molar-refractivity contribution < 1.29 is 22.3 Å². The summed E-state index contributed by atoms with van der Waals surface area (Å²) in [6.45, 7) is 5.07. The number of carbonyl (C=O) groups excluding carboxylic acids is 1. The Bertz CT molecular complexity index is 1380. The van der Waals surface area contributed by atoms with Crippen LogP contribution in [-0.4, -0.2) is 72.7 Å². The highest BCUT2D eigenvalue weighted by molar-refractivity contribution is 7.89. The topological polar surface area (TPSA) is 115 Å². The number of sulfonamides is 1. The summed E-state index contributed by atoms with van der Waals surface area (Å²) in [5.41, 5.74) is 8.69. The highest BCUT2D eigenvalue weighted by atomic mass is 35.5. The Kier molecular flexibility index (Phi) is 11.1. The number of ether oxygens (including phenoxy) is 1. The van der Waals surface area contributed by atoms with E-state index in [1.54, 1.807) is 10.5 Å². The van der Waals surface area contributed by atoms with Crippen LogP contribution >= 0.6 is 11.6 Å². The number of benzene rings is 1. The molecule has 1 aromatic carbocycles. The van der Waals surface area contributed by atoms with Crippen molar-refractivity contribution >= 4 is 27.4 Å². The summed E-state index contributed by atoms with van der Waals surface area (Å²) in [4.78, 5) is 17.9. The zero-order valence-electron chi connectivity index (χ0n) is 25.8. The molecule has 242 valence electrons. The van der Waals surface area contributed by atoms with Crippen LogP contribution < -0.4 is 11.1 Å². The molecule has 44 heavy (non-hydrogen) atoms. The van der Waals surface area contributed by atoms with Gasteiger partial charge in [0.25, 0.3) is 0 Å². The quantitative estimate of drug-likeness (QED) is 0.361. The molecule has 5 rings (SSSR count). The Hall–Kier alpha value is -1.95. The maximum absolute atomic E-state index is 15.2. The minimum absolute atomic E-state index is 0.0375. The Morgan fingerprint density at radius 3 is 2.59 bits per heavy atom. The van der Waals surface area contributed by atoms with Crippen LogP contribution in [0, 0.1) is 11.7 Å². The summed E-state index contributed by atoms with van der Waals surface area (Å²) in [6, 6.07) is 6.66. The zero-order valence-corrected chi connectivity index (χ0v) is 27.3. The van der Waals surface area contributed by atoms with Crippen molar-refractivity contribution in [1.29, 1.82) is 0 Å². The van der Waals surface area contributed by atoms with E-state index in [2.05, 4.69) is 10.3 Å². The van der Waals surface area contributed by atoms with Gasteiger partial charge in [-0.15, -0.1) is 0 Å². The average Bonchev–Trinajstić information content (AvgIpc) is 3.10. The van der Waals surface area contributed by atoms with Crippen LogP contribution in [0.25, 0.3) is 0 Å². The number of hydrogen-bond acceptors (Lipinski definition) is 7. The Morgan fingerprint density at radius 2 is 1.89 bits per heavy atom. The maximum atomic E-state index is 15.2. The van der Waals surface area contributed by atoms with E-state index in [0.29, 0.717) is 48.5 Å². The number of nitrogens with two attached hydrogens (primary N) is 1. The molecule has 3 fully saturated rings. The second-order valence-corrected chi connectivity index (χ2v) is 15.5. The van der Waals surface area contributed by atoms with Gasteiger partial charge in [0, 0.05) is 48.7 Å². The molecule has 0 amide bonds. The smallest absolute Gasteiger partial charge is 0.214 e. The number of fused-ring (bicyclic) bond motifs is 2. The first kappa shape index (κ1) is 33.4. The monoisotopic (exact) mass is 648 g/mol. The lowest BCUT2D eigenvalue weighted by Crippen LogP contribution is -2.57. The maximum Gasteiger partial charge on any atom is 0.214 e. The third kappa shape index (κ3) is 8.06. The van der Waals surface area contributed by atoms with Gasteiger partial charge >= 0.3 is 0 Å². The van der Waals surface area contributed by atoms with Crippen LogP contribution in [0.5, 0.6) is 0 Å². The lowest BCUT2D eigenvalue weighted by Gasteiger charge is -2.37. The summed E-state index contributed by atoms with van der Waals surface area (Å²) < 4.78 is 48.7. The molecule has 2 aromatic rings. The van der Waals surface area contributed by atoms with Gasteiger partial charge in [-0.3, -0.25) is 9.78 Å². The van der Waals surface area contributed by atoms with E-state index in [9.17, 15) is 13.2 Å². The van der Waals surface area contributed by atoms with Gasteiger partial charge in [-0.1, -0.05) is 23.7 Å². The largest absolute Gasteiger partial charge is 0.376 e. The molecule has 3 N–H and O–H groups in total. The molecule has 2 bridgehead atoms. The number of nitrogens with one attached hydrogen (secondary N) is 1. The van der Waals surface area contributed by atoms with Crippen LogP contribution in [0.1, 0.15) is 81.4 Å². The van der Waals surface area contributed by atoms with Gasteiger partial charge < -0.3 is 15.8 Å². The molecular formula is C33H46ClFN4O4S. The number of rotatable bonds is 11. The highest BCUT2D eigenvalue weighted by Crippen LogP contribution is 2.40. The molecule has 2 aliphatic heterocycles. The molecule has 1 aromatic heterocycles. The SMILES string of the molecule is CC(C)OC1CCC([C@H](c2ccc(Cl)cc2)[C@H](N)C(=O)Cc2cncc(F)c2CC[C@H]2CN[C@@H]3CCCS(=O)(=O)N2C3)CC1. The summed E-state index contributed by atoms with van der Waals surface area (Å²) >= 11 is 6.19. The molecule has 1 unspecified atom stereocenters. The Balaban J connectivity index is 1.31. The van der Waals surface area contributed by atoms with Crippen LogP contribution in [0.15, 0.2) is 36.7 Å². The van der Waals surface area contributed by atoms with Gasteiger partial charge in [0.05, 0.1) is 30.2 Å². The van der Waals surface area contributed by atoms with Gasteiger partial charge in [0.15, 0.2) is 5.78 Å². The Morgan fingerprint density at radius 1 is 1.16 bits per heavy atom. The molecular weight excluding hydrogens is 603 g/mol. The van der Waals surface area contributed by atoms with Gasteiger partial charge in [0.2, 0.25) is 10.0 Å². The van der Waals surface area contributed by atoms with E-state index >= 15 is 4.39 Å². The first-order valence-electron chi connectivity index (χ1n) is 16.0. The molecule has 3 heterocycles. The van der Waals surface area contributed by atoms with Gasteiger partial charge in [-0.2, -0.15) is 4.31 Å². The van der Waals surface area contributed by atoms with Crippen molar-refractivity contribution in [3.63, 3.8) is 0 Å². The van der Waals surface area contributed by atoms with Crippen molar-refractivity contribution in [1.82, 2.24) is 14.6 Å². The molecule has 3 aliphatic rings.